The molecular weight excluding hydrogens is 338 g/mol. The summed E-state index contributed by atoms with van der Waals surface area (Å²) in [6.45, 7) is 5.46. The minimum absolute atomic E-state index is 0.127. The Hall–Kier alpha value is -2.81. The van der Waals surface area contributed by atoms with Crippen LogP contribution in [0.2, 0.25) is 0 Å². The maximum atomic E-state index is 12.3. The van der Waals surface area contributed by atoms with Crippen LogP contribution in [0.1, 0.15) is 16.2 Å². The highest BCUT2D eigenvalue weighted by molar-refractivity contribution is 6.07. The molecule has 1 saturated heterocycles. The summed E-state index contributed by atoms with van der Waals surface area (Å²) >= 11 is 0. The van der Waals surface area contributed by atoms with Gasteiger partial charge < -0.3 is 14.7 Å². The SMILES string of the molecule is Cc1cc(C(=O)N2CCN(CCNC(=O)C3C=CC=NC3=O)CC2)no1. The zero-order valence-electron chi connectivity index (χ0n) is 14.6. The largest absolute Gasteiger partial charge is 0.361 e. The highest BCUT2D eigenvalue weighted by Crippen LogP contribution is 2.09. The van der Waals surface area contributed by atoms with Crippen molar-refractivity contribution < 1.29 is 18.9 Å². The van der Waals surface area contributed by atoms with E-state index < -0.39 is 11.8 Å². The van der Waals surface area contributed by atoms with Gasteiger partial charge in [-0.3, -0.25) is 19.3 Å². The molecule has 0 bridgehead atoms. The van der Waals surface area contributed by atoms with Crippen LogP contribution in [-0.2, 0) is 9.59 Å². The number of amides is 3. The highest BCUT2D eigenvalue weighted by Gasteiger charge is 2.26. The van der Waals surface area contributed by atoms with Crippen molar-refractivity contribution in [1.29, 1.82) is 0 Å². The molecule has 3 rings (SSSR count). The van der Waals surface area contributed by atoms with Crippen LogP contribution in [0.25, 0.3) is 0 Å². The summed E-state index contributed by atoms with van der Waals surface area (Å²) in [6.07, 6.45) is 4.52. The Morgan fingerprint density at radius 2 is 2.08 bits per heavy atom. The third-order valence-corrected chi connectivity index (χ3v) is 4.37. The molecule has 0 radical (unpaired) electrons. The molecule has 0 aromatic carbocycles. The summed E-state index contributed by atoms with van der Waals surface area (Å²) < 4.78 is 4.95. The predicted molar refractivity (Wildman–Crippen MR) is 92.7 cm³/mol. The molecule has 0 saturated carbocycles. The number of carbonyl (C=O) groups is 3. The lowest BCUT2D eigenvalue weighted by atomic mass is 10.1. The lowest BCUT2D eigenvalue weighted by Crippen LogP contribution is -2.50. The van der Waals surface area contributed by atoms with Gasteiger partial charge in [-0.05, 0) is 13.0 Å². The molecule has 26 heavy (non-hydrogen) atoms. The first-order valence-corrected chi connectivity index (χ1v) is 8.52. The monoisotopic (exact) mass is 359 g/mol. The Balaban J connectivity index is 1.38. The van der Waals surface area contributed by atoms with Crippen molar-refractivity contribution in [2.24, 2.45) is 10.9 Å². The van der Waals surface area contributed by atoms with E-state index in [2.05, 4.69) is 20.4 Å². The third kappa shape index (κ3) is 4.23. The fourth-order valence-electron chi connectivity index (χ4n) is 2.89. The van der Waals surface area contributed by atoms with Crippen LogP contribution in [0.5, 0.6) is 0 Å². The maximum Gasteiger partial charge on any atom is 0.276 e. The number of rotatable bonds is 5. The van der Waals surface area contributed by atoms with Gasteiger partial charge >= 0.3 is 0 Å². The third-order valence-electron chi connectivity index (χ3n) is 4.37. The topological polar surface area (TPSA) is 108 Å². The van der Waals surface area contributed by atoms with Gasteiger partial charge in [-0.15, -0.1) is 0 Å². The van der Waals surface area contributed by atoms with Gasteiger partial charge in [0.1, 0.15) is 11.7 Å². The average molecular weight is 359 g/mol. The number of hydrogen-bond donors (Lipinski definition) is 1. The van der Waals surface area contributed by atoms with Crippen molar-refractivity contribution in [3.63, 3.8) is 0 Å². The number of piperazine rings is 1. The number of dihydropyridines is 1. The second-order valence-corrected chi connectivity index (χ2v) is 6.23. The first kappa shape index (κ1) is 18.0. The second kappa shape index (κ2) is 8.05. The molecule has 9 nitrogen and oxygen atoms in total. The molecule has 1 aromatic rings. The van der Waals surface area contributed by atoms with Gasteiger partial charge in [0, 0.05) is 51.5 Å². The number of aromatic nitrogens is 1. The van der Waals surface area contributed by atoms with E-state index in [1.54, 1.807) is 30.0 Å². The van der Waals surface area contributed by atoms with Crippen molar-refractivity contribution in [3.05, 3.63) is 29.7 Å². The van der Waals surface area contributed by atoms with E-state index in [0.29, 0.717) is 50.7 Å². The summed E-state index contributed by atoms with van der Waals surface area (Å²) in [4.78, 5) is 43.4. The van der Waals surface area contributed by atoms with Crippen LogP contribution < -0.4 is 5.32 Å². The van der Waals surface area contributed by atoms with Crippen molar-refractivity contribution in [2.75, 3.05) is 39.3 Å². The van der Waals surface area contributed by atoms with Gasteiger partial charge in [0.15, 0.2) is 5.69 Å². The molecule has 2 aliphatic rings. The molecule has 0 aliphatic carbocycles. The first-order chi connectivity index (χ1) is 12.5. The van der Waals surface area contributed by atoms with E-state index in [4.69, 9.17) is 4.52 Å². The fourth-order valence-corrected chi connectivity index (χ4v) is 2.89. The fraction of sp³-hybridized carbons (Fsp3) is 0.471. The summed E-state index contributed by atoms with van der Waals surface area (Å²) in [7, 11) is 0. The van der Waals surface area contributed by atoms with E-state index in [-0.39, 0.29) is 11.8 Å². The molecule has 3 heterocycles. The lowest BCUT2D eigenvalue weighted by molar-refractivity contribution is -0.131. The number of nitrogens with one attached hydrogen (secondary N) is 1. The Bertz CT molecular complexity index is 746. The minimum atomic E-state index is -0.833. The van der Waals surface area contributed by atoms with Crippen LogP contribution in [-0.4, -0.2) is 78.2 Å². The van der Waals surface area contributed by atoms with Crippen LogP contribution in [0, 0.1) is 12.8 Å². The van der Waals surface area contributed by atoms with Crippen molar-refractivity contribution in [3.8, 4) is 0 Å². The Labute approximate surface area is 150 Å². The average Bonchev–Trinajstić information content (AvgIpc) is 3.08. The summed E-state index contributed by atoms with van der Waals surface area (Å²) in [6, 6.07) is 1.63. The number of carbonyl (C=O) groups excluding carboxylic acids is 3. The normalized spacial score (nSPS) is 20.4. The summed E-state index contributed by atoms with van der Waals surface area (Å²) in [5.74, 6) is -1.13. The number of aryl methyl sites for hydroxylation is 1. The zero-order chi connectivity index (χ0) is 18.5. The molecule has 3 amide bonds. The standard InChI is InChI=1S/C17H21N5O4/c1-12-11-14(20-26-12)17(25)22-9-7-21(8-10-22)6-5-19-16(24)13-3-2-4-18-15(13)23/h2-4,11,13H,5-10H2,1H3,(H,19,24). The van der Waals surface area contributed by atoms with E-state index in [1.807, 2.05) is 0 Å². The molecule has 9 heteroatoms. The number of hydrogen-bond acceptors (Lipinski definition) is 6. The number of nitrogens with zero attached hydrogens (tertiary/aromatic N) is 4. The smallest absolute Gasteiger partial charge is 0.276 e. The second-order valence-electron chi connectivity index (χ2n) is 6.23. The molecular formula is C17H21N5O4. The maximum absolute atomic E-state index is 12.3. The van der Waals surface area contributed by atoms with Crippen molar-refractivity contribution in [2.45, 2.75) is 6.92 Å². The summed E-state index contributed by atoms with van der Waals surface area (Å²) in [5.41, 5.74) is 0.330. The van der Waals surface area contributed by atoms with Gasteiger partial charge in [0.05, 0.1) is 0 Å². The van der Waals surface area contributed by atoms with Gasteiger partial charge in [0.25, 0.3) is 11.8 Å². The van der Waals surface area contributed by atoms with Crippen LogP contribution in [0.3, 0.4) is 0 Å². The summed E-state index contributed by atoms with van der Waals surface area (Å²) in [5, 5.41) is 6.52. The van der Waals surface area contributed by atoms with Crippen molar-refractivity contribution in [1.82, 2.24) is 20.3 Å². The number of allylic oxidation sites excluding steroid dienone is 1. The van der Waals surface area contributed by atoms with Gasteiger partial charge in [-0.2, -0.15) is 0 Å². The molecule has 1 atom stereocenters. The lowest BCUT2D eigenvalue weighted by Gasteiger charge is -2.34. The predicted octanol–water partition coefficient (Wildman–Crippen LogP) is -0.360. The van der Waals surface area contributed by atoms with E-state index in [0.717, 1.165) is 0 Å². The Morgan fingerprint density at radius 1 is 1.31 bits per heavy atom. The quantitative estimate of drug-likeness (QED) is 0.720. The van der Waals surface area contributed by atoms with Crippen LogP contribution in [0.15, 0.2) is 27.7 Å². The van der Waals surface area contributed by atoms with Crippen molar-refractivity contribution >= 4 is 23.9 Å². The molecule has 1 aromatic heterocycles. The zero-order valence-corrected chi connectivity index (χ0v) is 14.6. The first-order valence-electron chi connectivity index (χ1n) is 8.52. The Kier molecular flexibility index (Phi) is 5.57. The van der Waals surface area contributed by atoms with E-state index in [1.165, 1.54) is 6.21 Å². The molecule has 2 aliphatic heterocycles. The van der Waals surface area contributed by atoms with Crippen LogP contribution in [0.4, 0.5) is 0 Å². The number of aliphatic imine (C=N–C) groups is 1. The minimum Gasteiger partial charge on any atom is -0.361 e. The van der Waals surface area contributed by atoms with E-state index in [9.17, 15) is 14.4 Å². The molecule has 1 fully saturated rings. The molecule has 138 valence electrons. The van der Waals surface area contributed by atoms with Crippen LogP contribution >= 0.6 is 0 Å². The molecule has 0 spiro atoms. The Morgan fingerprint density at radius 3 is 2.73 bits per heavy atom. The van der Waals surface area contributed by atoms with Gasteiger partial charge in [-0.1, -0.05) is 11.2 Å². The van der Waals surface area contributed by atoms with E-state index >= 15 is 0 Å². The highest BCUT2D eigenvalue weighted by atomic mass is 16.5. The molecule has 1 unspecified atom stereocenters. The van der Waals surface area contributed by atoms with Gasteiger partial charge in [-0.25, -0.2) is 4.99 Å². The molecule has 1 N–H and O–H groups in total. The van der Waals surface area contributed by atoms with Gasteiger partial charge in [0.2, 0.25) is 5.91 Å².